The summed E-state index contributed by atoms with van der Waals surface area (Å²) in [7, 11) is 1.63. The first kappa shape index (κ1) is 16.7. The van der Waals surface area contributed by atoms with Crippen LogP contribution in [0.2, 0.25) is 0 Å². The van der Waals surface area contributed by atoms with Crippen LogP contribution in [0.4, 0.5) is 0 Å². The Morgan fingerprint density at radius 1 is 1.27 bits per heavy atom. The molecule has 0 radical (unpaired) electrons. The predicted molar refractivity (Wildman–Crippen MR) is 94.3 cm³/mol. The van der Waals surface area contributed by atoms with E-state index in [1.54, 1.807) is 13.3 Å². The Hall–Kier alpha value is -2.77. The minimum atomic E-state index is -0.409. The van der Waals surface area contributed by atoms with E-state index in [0.29, 0.717) is 31.2 Å². The highest BCUT2D eigenvalue weighted by atomic mass is 16.5. The minimum Gasteiger partial charge on any atom is -0.497 e. The van der Waals surface area contributed by atoms with Crippen molar-refractivity contribution >= 4 is 0 Å². The maximum Gasteiger partial charge on any atom is 0.244 e. The van der Waals surface area contributed by atoms with Gasteiger partial charge in [0.05, 0.1) is 19.3 Å². The molecular weight excluding hydrogens is 332 g/mol. The molecule has 134 valence electrons. The fraction of sp³-hybridized carbons (Fsp3) is 0.316. The maximum atomic E-state index is 10.1. The minimum absolute atomic E-state index is 0.107. The largest absolute Gasteiger partial charge is 0.497 e. The van der Waals surface area contributed by atoms with E-state index in [4.69, 9.17) is 9.26 Å². The topological polar surface area (TPSA) is 84.5 Å². The first-order valence-electron chi connectivity index (χ1n) is 8.52. The van der Waals surface area contributed by atoms with Crippen molar-refractivity contribution in [3.05, 3.63) is 60.2 Å². The van der Waals surface area contributed by atoms with Crippen molar-refractivity contribution < 1.29 is 14.4 Å². The lowest BCUT2D eigenvalue weighted by molar-refractivity contribution is 0.169. The summed E-state index contributed by atoms with van der Waals surface area (Å²) in [5, 5.41) is 14.2. The molecule has 1 fully saturated rings. The summed E-state index contributed by atoms with van der Waals surface area (Å²) in [5.74, 6) is 1.83. The Morgan fingerprint density at radius 2 is 2.12 bits per heavy atom. The first-order valence-corrected chi connectivity index (χ1v) is 8.52. The molecule has 26 heavy (non-hydrogen) atoms. The van der Waals surface area contributed by atoms with Crippen LogP contribution in [-0.4, -0.2) is 44.9 Å². The molecule has 7 heteroatoms. The summed E-state index contributed by atoms with van der Waals surface area (Å²) in [5.41, 5.74) is 1.94. The van der Waals surface area contributed by atoms with E-state index < -0.39 is 6.10 Å². The summed E-state index contributed by atoms with van der Waals surface area (Å²) in [6.07, 6.45) is 3.75. The number of aliphatic hydroxyl groups excluding tert-OH is 1. The molecule has 0 aliphatic carbocycles. The highest BCUT2D eigenvalue weighted by Crippen LogP contribution is 2.33. The van der Waals surface area contributed by atoms with Gasteiger partial charge in [0.2, 0.25) is 11.7 Å². The van der Waals surface area contributed by atoms with Crippen LogP contribution < -0.4 is 4.74 Å². The number of hydrogen-bond acceptors (Lipinski definition) is 7. The predicted octanol–water partition coefficient (Wildman–Crippen LogP) is 2.45. The van der Waals surface area contributed by atoms with Gasteiger partial charge in [-0.25, -0.2) is 0 Å². The molecule has 2 atom stereocenters. The summed E-state index contributed by atoms with van der Waals surface area (Å²) in [6.45, 7) is 1.25. The highest BCUT2D eigenvalue weighted by Gasteiger charge is 2.35. The standard InChI is InChI=1S/C19H20N4O3/c1-25-16-6-4-14(5-7-16)18-21-19(26-22-18)17-9-15(24)12-23(17)11-13-3-2-8-20-10-13/h2-8,10,15,17,24H,9,11-12H2,1H3. The molecule has 0 amide bonds. The lowest BCUT2D eigenvalue weighted by Gasteiger charge is -2.20. The Labute approximate surface area is 151 Å². The number of methoxy groups -OCH3 is 1. The third-order valence-electron chi connectivity index (χ3n) is 4.56. The molecule has 3 heterocycles. The van der Waals surface area contributed by atoms with Crippen molar-refractivity contribution in [2.75, 3.05) is 13.7 Å². The first-order chi connectivity index (χ1) is 12.7. The zero-order valence-electron chi connectivity index (χ0n) is 14.4. The SMILES string of the molecule is COc1ccc(-c2noc(C3CC(O)CN3Cc3cccnc3)n2)cc1. The van der Waals surface area contributed by atoms with Gasteiger partial charge < -0.3 is 14.4 Å². The molecule has 4 rings (SSSR count). The Morgan fingerprint density at radius 3 is 2.85 bits per heavy atom. The van der Waals surface area contributed by atoms with E-state index in [0.717, 1.165) is 16.9 Å². The van der Waals surface area contributed by atoms with Crippen LogP contribution in [-0.2, 0) is 6.54 Å². The van der Waals surface area contributed by atoms with Crippen LogP contribution in [0, 0.1) is 0 Å². The molecule has 2 aromatic heterocycles. The average Bonchev–Trinajstić information content (AvgIpc) is 3.29. The van der Waals surface area contributed by atoms with Crippen molar-refractivity contribution in [3.63, 3.8) is 0 Å². The number of aromatic nitrogens is 3. The number of aliphatic hydroxyl groups is 1. The van der Waals surface area contributed by atoms with Gasteiger partial charge in [0.1, 0.15) is 5.75 Å². The van der Waals surface area contributed by atoms with E-state index in [2.05, 4.69) is 20.0 Å². The van der Waals surface area contributed by atoms with Gasteiger partial charge in [-0.3, -0.25) is 9.88 Å². The van der Waals surface area contributed by atoms with Gasteiger partial charge in [0.15, 0.2) is 0 Å². The van der Waals surface area contributed by atoms with Crippen LogP contribution >= 0.6 is 0 Å². The quantitative estimate of drug-likeness (QED) is 0.755. The summed E-state index contributed by atoms with van der Waals surface area (Å²) < 4.78 is 10.7. The summed E-state index contributed by atoms with van der Waals surface area (Å²) in [4.78, 5) is 10.9. The third kappa shape index (κ3) is 3.44. The molecule has 1 aliphatic heterocycles. The van der Waals surface area contributed by atoms with Crippen LogP contribution in [0.1, 0.15) is 23.9 Å². The van der Waals surface area contributed by atoms with Gasteiger partial charge >= 0.3 is 0 Å². The van der Waals surface area contributed by atoms with E-state index in [1.807, 2.05) is 42.6 Å². The number of nitrogens with zero attached hydrogens (tertiary/aromatic N) is 4. The second-order valence-corrected chi connectivity index (χ2v) is 6.38. The van der Waals surface area contributed by atoms with Crippen molar-refractivity contribution in [1.29, 1.82) is 0 Å². The van der Waals surface area contributed by atoms with E-state index in [9.17, 15) is 5.11 Å². The number of benzene rings is 1. The molecule has 0 bridgehead atoms. The van der Waals surface area contributed by atoms with Crippen LogP contribution in [0.5, 0.6) is 5.75 Å². The van der Waals surface area contributed by atoms with E-state index in [-0.39, 0.29) is 6.04 Å². The van der Waals surface area contributed by atoms with Crippen molar-refractivity contribution in [2.45, 2.75) is 25.1 Å². The van der Waals surface area contributed by atoms with Crippen LogP contribution in [0.3, 0.4) is 0 Å². The van der Waals surface area contributed by atoms with Gasteiger partial charge in [0.25, 0.3) is 0 Å². The number of ether oxygens (including phenoxy) is 1. The van der Waals surface area contributed by atoms with Crippen LogP contribution in [0.15, 0.2) is 53.3 Å². The number of rotatable bonds is 5. The zero-order valence-corrected chi connectivity index (χ0v) is 14.4. The number of hydrogen-bond donors (Lipinski definition) is 1. The summed E-state index contributed by atoms with van der Waals surface area (Å²) >= 11 is 0. The Kier molecular flexibility index (Phi) is 4.64. The molecule has 1 saturated heterocycles. The fourth-order valence-electron chi connectivity index (χ4n) is 3.27. The highest BCUT2D eigenvalue weighted by molar-refractivity contribution is 5.55. The molecule has 7 nitrogen and oxygen atoms in total. The molecular formula is C19H20N4O3. The molecule has 1 aliphatic rings. The molecule has 0 saturated carbocycles. The third-order valence-corrected chi connectivity index (χ3v) is 4.56. The average molecular weight is 352 g/mol. The fourth-order valence-corrected chi connectivity index (χ4v) is 3.27. The summed E-state index contributed by atoms with van der Waals surface area (Å²) in [6, 6.07) is 11.3. The van der Waals surface area contributed by atoms with Gasteiger partial charge in [-0.15, -0.1) is 0 Å². The lowest BCUT2D eigenvalue weighted by atomic mass is 10.2. The molecule has 3 aromatic rings. The van der Waals surface area contributed by atoms with Crippen molar-refractivity contribution in [3.8, 4) is 17.1 Å². The second-order valence-electron chi connectivity index (χ2n) is 6.38. The molecule has 1 aromatic carbocycles. The lowest BCUT2D eigenvalue weighted by Crippen LogP contribution is -2.24. The van der Waals surface area contributed by atoms with E-state index >= 15 is 0 Å². The maximum absolute atomic E-state index is 10.1. The Balaban J connectivity index is 1.54. The monoisotopic (exact) mass is 352 g/mol. The zero-order chi connectivity index (χ0) is 17.9. The van der Waals surface area contributed by atoms with Crippen molar-refractivity contribution in [2.24, 2.45) is 0 Å². The van der Waals surface area contributed by atoms with Crippen LogP contribution in [0.25, 0.3) is 11.4 Å². The number of pyridine rings is 1. The number of likely N-dealkylation sites (tertiary alicyclic amines) is 1. The number of β-amino-alcohol motifs (C(OH)–C–C–N with tert-alkyl or cyclic N) is 1. The van der Waals surface area contributed by atoms with Gasteiger partial charge in [0, 0.05) is 31.0 Å². The van der Waals surface area contributed by atoms with Gasteiger partial charge in [-0.2, -0.15) is 4.98 Å². The Bertz CT molecular complexity index is 851. The van der Waals surface area contributed by atoms with Crippen molar-refractivity contribution in [1.82, 2.24) is 20.0 Å². The normalized spacial score (nSPS) is 20.4. The smallest absolute Gasteiger partial charge is 0.244 e. The van der Waals surface area contributed by atoms with Gasteiger partial charge in [-0.05, 0) is 42.3 Å². The second kappa shape index (κ2) is 7.23. The molecule has 1 N–H and O–H groups in total. The molecule has 0 spiro atoms. The molecule has 2 unspecified atom stereocenters. The van der Waals surface area contributed by atoms with Gasteiger partial charge in [-0.1, -0.05) is 11.2 Å². The van der Waals surface area contributed by atoms with E-state index in [1.165, 1.54) is 0 Å².